The largest absolute Gasteiger partial charge is 0.419 e. The third-order valence-corrected chi connectivity index (χ3v) is 5.11. The molecule has 0 radical (unpaired) electrons. The molecule has 0 atom stereocenters. The Hall–Kier alpha value is -1.12. The van der Waals surface area contributed by atoms with E-state index in [-0.39, 0.29) is 22.9 Å². The summed E-state index contributed by atoms with van der Waals surface area (Å²) in [6.45, 7) is 7.13. The molecule has 2 aromatic heterocycles. The summed E-state index contributed by atoms with van der Waals surface area (Å²) in [5.41, 5.74) is -0.927. The lowest BCUT2D eigenvalue weighted by molar-refractivity contribution is -0.136. The first-order valence-corrected chi connectivity index (χ1v) is 10.8. The molecular formula is C13H17ClF3N3OSi. The van der Waals surface area contributed by atoms with Crippen molar-refractivity contribution < 1.29 is 17.9 Å². The fraction of sp³-hybridized carbons (Fsp3) is 0.538. The molecule has 0 aliphatic carbocycles. The number of imidazole rings is 1. The highest BCUT2D eigenvalue weighted by Gasteiger charge is 2.35. The van der Waals surface area contributed by atoms with Gasteiger partial charge in [0, 0.05) is 20.9 Å². The van der Waals surface area contributed by atoms with Crippen LogP contribution in [0.5, 0.6) is 0 Å². The van der Waals surface area contributed by atoms with Crippen LogP contribution in [0.1, 0.15) is 5.56 Å². The minimum atomic E-state index is -4.52. The molecule has 0 unspecified atom stereocenters. The number of fused-ring (bicyclic) bond motifs is 1. The summed E-state index contributed by atoms with van der Waals surface area (Å²) in [5, 5.41) is -0.0520. The minimum absolute atomic E-state index is 0.00437. The Kier molecular flexibility index (Phi) is 4.83. The van der Waals surface area contributed by atoms with E-state index in [1.54, 1.807) is 0 Å². The zero-order chi connectivity index (χ0) is 16.5. The van der Waals surface area contributed by atoms with Crippen LogP contribution >= 0.6 is 11.6 Å². The second kappa shape index (κ2) is 6.17. The fourth-order valence-electron chi connectivity index (χ4n) is 1.91. The lowest BCUT2D eigenvalue weighted by Crippen LogP contribution is -2.22. The van der Waals surface area contributed by atoms with Crippen molar-refractivity contribution in [2.75, 3.05) is 6.61 Å². The summed E-state index contributed by atoms with van der Waals surface area (Å²) >= 11 is 5.82. The predicted molar refractivity (Wildman–Crippen MR) is 81.6 cm³/mol. The average Bonchev–Trinajstić information content (AvgIpc) is 2.77. The van der Waals surface area contributed by atoms with Gasteiger partial charge in [-0.3, -0.25) is 0 Å². The van der Waals surface area contributed by atoms with E-state index < -0.39 is 19.8 Å². The van der Waals surface area contributed by atoms with Gasteiger partial charge < -0.3 is 9.30 Å². The highest BCUT2D eigenvalue weighted by molar-refractivity contribution is 6.76. The minimum Gasteiger partial charge on any atom is -0.361 e. The number of alkyl halides is 3. The van der Waals surface area contributed by atoms with Crippen LogP contribution in [0, 0.1) is 0 Å². The number of hydrogen-bond acceptors (Lipinski definition) is 3. The molecule has 4 nitrogen and oxygen atoms in total. The van der Waals surface area contributed by atoms with Gasteiger partial charge in [0.05, 0.1) is 17.4 Å². The number of ether oxygens (including phenoxy) is 1. The average molecular weight is 352 g/mol. The summed E-state index contributed by atoms with van der Waals surface area (Å²) in [7, 11) is -1.24. The number of hydrogen-bond donors (Lipinski definition) is 0. The van der Waals surface area contributed by atoms with Crippen molar-refractivity contribution in [1.82, 2.24) is 14.5 Å². The maximum absolute atomic E-state index is 13.1. The van der Waals surface area contributed by atoms with Crippen molar-refractivity contribution in [1.29, 1.82) is 0 Å². The van der Waals surface area contributed by atoms with Crippen LogP contribution in [0.4, 0.5) is 13.2 Å². The van der Waals surface area contributed by atoms with Crippen molar-refractivity contribution in [3.05, 3.63) is 23.2 Å². The van der Waals surface area contributed by atoms with Crippen LogP contribution in [0.15, 0.2) is 12.5 Å². The summed E-state index contributed by atoms with van der Waals surface area (Å²) in [6, 6.07) is 0.939. The molecule has 2 heterocycles. The van der Waals surface area contributed by atoms with E-state index in [0.29, 0.717) is 6.61 Å². The van der Waals surface area contributed by atoms with E-state index in [9.17, 15) is 13.2 Å². The summed E-state index contributed by atoms with van der Waals surface area (Å²) in [6.07, 6.45) is -2.50. The number of pyridine rings is 1. The van der Waals surface area contributed by atoms with Gasteiger partial charge in [0.1, 0.15) is 12.2 Å². The van der Waals surface area contributed by atoms with Crippen LogP contribution in [0.3, 0.4) is 0 Å². The van der Waals surface area contributed by atoms with Gasteiger partial charge in [-0.15, -0.1) is 0 Å². The molecule has 0 bridgehead atoms. The second-order valence-corrected chi connectivity index (χ2v) is 12.2. The highest BCUT2D eigenvalue weighted by Crippen LogP contribution is 2.35. The van der Waals surface area contributed by atoms with Crippen LogP contribution in [-0.4, -0.2) is 29.2 Å². The van der Waals surface area contributed by atoms with Crippen molar-refractivity contribution >= 4 is 30.7 Å². The molecule has 22 heavy (non-hydrogen) atoms. The smallest absolute Gasteiger partial charge is 0.361 e. The molecule has 0 aliphatic heterocycles. The van der Waals surface area contributed by atoms with E-state index in [4.69, 9.17) is 16.3 Å². The van der Waals surface area contributed by atoms with Crippen LogP contribution in [0.2, 0.25) is 30.8 Å². The zero-order valence-corrected chi connectivity index (χ0v) is 14.3. The summed E-state index contributed by atoms with van der Waals surface area (Å²) in [4.78, 5) is 7.47. The van der Waals surface area contributed by atoms with Gasteiger partial charge in [-0.05, 0) is 6.04 Å². The van der Waals surface area contributed by atoms with Gasteiger partial charge in [-0.2, -0.15) is 13.2 Å². The van der Waals surface area contributed by atoms with E-state index in [1.807, 2.05) is 0 Å². The molecule has 0 aromatic carbocycles. The molecule has 0 N–H and O–H groups in total. The standard InChI is InChI=1S/C13H17ClF3N3OSi/c1-22(2,3)5-4-21-8-20-7-19-10-11(20)9(13(15,16)17)6-18-12(10)14/h6-7H,4-5,8H2,1-3H3. The van der Waals surface area contributed by atoms with Crippen molar-refractivity contribution in [3.63, 3.8) is 0 Å². The molecule has 0 saturated carbocycles. The van der Waals surface area contributed by atoms with Gasteiger partial charge >= 0.3 is 6.18 Å². The Balaban J connectivity index is 2.26. The SMILES string of the molecule is C[Si](C)(C)CCOCn1cnc2c(Cl)ncc(C(F)(F)F)c21. The van der Waals surface area contributed by atoms with Crippen LogP contribution in [-0.2, 0) is 17.6 Å². The third kappa shape index (κ3) is 3.99. The van der Waals surface area contributed by atoms with E-state index in [1.165, 1.54) is 10.9 Å². The monoisotopic (exact) mass is 351 g/mol. The lowest BCUT2D eigenvalue weighted by atomic mass is 10.2. The third-order valence-electron chi connectivity index (χ3n) is 3.13. The summed E-state index contributed by atoms with van der Waals surface area (Å²) in [5.74, 6) is 0. The Labute approximate surface area is 132 Å². The van der Waals surface area contributed by atoms with Gasteiger partial charge in [0.15, 0.2) is 5.15 Å². The molecular weight excluding hydrogens is 335 g/mol. The molecule has 0 aliphatic rings. The van der Waals surface area contributed by atoms with E-state index in [0.717, 1.165) is 12.2 Å². The number of nitrogens with zero attached hydrogens (tertiary/aromatic N) is 3. The predicted octanol–water partition coefficient (Wildman–Crippen LogP) is 4.42. The Morgan fingerprint density at radius 2 is 1.95 bits per heavy atom. The van der Waals surface area contributed by atoms with Crippen molar-refractivity contribution in [2.45, 2.75) is 38.6 Å². The molecule has 0 amide bonds. The first-order valence-electron chi connectivity index (χ1n) is 6.74. The van der Waals surface area contributed by atoms with Gasteiger partial charge in [0.2, 0.25) is 0 Å². The molecule has 122 valence electrons. The van der Waals surface area contributed by atoms with E-state index >= 15 is 0 Å². The number of aromatic nitrogens is 3. The molecule has 0 fully saturated rings. The lowest BCUT2D eigenvalue weighted by Gasteiger charge is -2.16. The normalized spacial score (nSPS) is 13.0. The molecule has 9 heteroatoms. The number of rotatable bonds is 5. The van der Waals surface area contributed by atoms with Crippen LogP contribution in [0.25, 0.3) is 11.0 Å². The van der Waals surface area contributed by atoms with Crippen molar-refractivity contribution in [3.8, 4) is 0 Å². The Morgan fingerprint density at radius 1 is 1.27 bits per heavy atom. The van der Waals surface area contributed by atoms with Gasteiger partial charge in [-0.25, -0.2) is 9.97 Å². The quantitative estimate of drug-likeness (QED) is 0.455. The maximum Gasteiger partial charge on any atom is 0.419 e. The Bertz CT molecular complexity index is 667. The van der Waals surface area contributed by atoms with Crippen LogP contribution < -0.4 is 0 Å². The molecule has 2 aromatic rings. The van der Waals surface area contributed by atoms with Crippen molar-refractivity contribution in [2.24, 2.45) is 0 Å². The fourth-order valence-corrected chi connectivity index (χ4v) is 2.85. The maximum atomic E-state index is 13.1. The van der Waals surface area contributed by atoms with Gasteiger partial charge in [0.25, 0.3) is 0 Å². The first kappa shape index (κ1) is 17.2. The van der Waals surface area contributed by atoms with E-state index in [2.05, 4.69) is 29.6 Å². The molecule has 0 saturated heterocycles. The molecule has 2 rings (SSSR count). The highest BCUT2D eigenvalue weighted by atomic mass is 35.5. The zero-order valence-electron chi connectivity index (χ0n) is 12.5. The van der Waals surface area contributed by atoms with Gasteiger partial charge in [-0.1, -0.05) is 31.2 Å². The molecule has 0 spiro atoms. The summed E-state index contributed by atoms with van der Waals surface area (Å²) < 4.78 is 46.1. The topological polar surface area (TPSA) is 39.9 Å². The Morgan fingerprint density at radius 3 is 2.55 bits per heavy atom. The second-order valence-electron chi connectivity index (χ2n) is 6.22. The number of halogens is 4. The first-order chi connectivity index (χ1) is 10.1.